The number of guanidine groups is 1. The van der Waals surface area contributed by atoms with Gasteiger partial charge in [-0.05, 0) is 49.8 Å². The lowest BCUT2D eigenvalue weighted by Gasteiger charge is -2.28. The molecule has 0 spiro atoms. The summed E-state index contributed by atoms with van der Waals surface area (Å²) >= 11 is 5.51. The molecular formula is C22H31ClN6O5. The Bertz CT molecular complexity index is 910. The Morgan fingerprint density at radius 2 is 1.91 bits per heavy atom. The van der Waals surface area contributed by atoms with Crippen molar-refractivity contribution in [2.75, 3.05) is 19.0 Å². The van der Waals surface area contributed by atoms with Crippen LogP contribution in [0.4, 0.5) is 0 Å². The third kappa shape index (κ3) is 7.70. The fourth-order valence-electron chi connectivity index (χ4n) is 3.82. The van der Waals surface area contributed by atoms with Crippen LogP contribution in [0.2, 0.25) is 0 Å². The number of aromatic hydroxyl groups is 1. The summed E-state index contributed by atoms with van der Waals surface area (Å²) < 4.78 is 0. The van der Waals surface area contributed by atoms with Crippen molar-refractivity contribution in [1.82, 2.24) is 15.5 Å². The molecule has 1 aromatic carbocycles. The van der Waals surface area contributed by atoms with E-state index in [-0.39, 0.29) is 31.1 Å². The number of phenols is 1. The summed E-state index contributed by atoms with van der Waals surface area (Å²) in [5.74, 6) is -3.19. The van der Waals surface area contributed by atoms with E-state index in [1.807, 2.05) is 0 Å². The Kier molecular flexibility index (Phi) is 10.3. The SMILES string of the molecule is N=C(N)NCCC[C@H](NC(=O)[C@@H]1CCCN1C(=O)[C@H](N)Cc1ccc(O)cc1)C(=O)C(=O)CCl. The van der Waals surface area contributed by atoms with E-state index < -0.39 is 47.4 Å². The number of phenolic OH excluding ortho intramolecular Hbond substituents is 1. The van der Waals surface area contributed by atoms with Gasteiger partial charge in [0.1, 0.15) is 11.8 Å². The van der Waals surface area contributed by atoms with Crippen LogP contribution in [-0.4, -0.2) is 76.4 Å². The minimum Gasteiger partial charge on any atom is -0.508 e. The van der Waals surface area contributed by atoms with E-state index in [0.717, 1.165) is 5.56 Å². The lowest BCUT2D eigenvalue weighted by molar-refractivity contribution is -0.141. The van der Waals surface area contributed by atoms with Gasteiger partial charge in [0.05, 0.1) is 18.0 Å². The second kappa shape index (κ2) is 12.9. The minimum absolute atomic E-state index is 0.105. The molecule has 12 heteroatoms. The van der Waals surface area contributed by atoms with Crippen molar-refractivity contribution in [2.45, 2.75) is 50.2 Å². The van der Waals surface area contributed by atoms with Crippen LogP contribution in [0.5, 0.6) is 5.75 Å². The van der Waals surface area contributed by atoms with E-state index in [2.05, 4.69) is 10.6 Å². The monoisotopic (exact) mass is 494 g/mol. The number of rotatable bonds is 12. The first-order chi connectivity index (χ1) is 16.1. The van der Waals surface area contributed by atoms with Gasteiger partial charge in [0.15, 0.2) is 5.96 Å². The molecule has 0 unspecified atom stereocenters. The van der Waals surface area contributed by atoms with E-state index in [1.165, 1.54) is 17.0 Å². The molecule has 1 aromatic rings. The lowest BCUT2D eigenvalue weighted by Crippen LogP contribution is -2.55. The molecule has 11 nitrogen and oxygen atoms in total. The van der Waals surface area contributed by atoms with Gasteiger partial charge in [-0.3, -0.25) is 24.6 Å². The van der Waals surface area contributed by atoms with Crippen molar-refractivity contribution in [1.29, 1.82) is 5.41 Å². The summed E-state index contributed by atoms with van der Waals surface area (Å²) in [4.78, 5) is 51.7. The number of nitrogens with one attached hydrogen (secondary N) is 3. The highest BCUT2D eigenvalue weighted by atomic mass is 35.5. The molecular weight excluding hydrogens is 464 g/mol. The predicted molar refractivity (Wildman–Crippen MR) is 126 cm³/mol. The molecule has 0 radical (unpaired) electrons. The quantitative estimate of drug-likeness (QED) is 0.0727. The molecule has 186 valence electrons. The van der Waals surface area contributed by atoms with Gasteiger partial charge < -0.3 is 32.1 Å². The van der Waals surface area contributed by atoms with Gasteiger partial charge in [-0.15, -0.1) is 11.6 Å². The largest absolute Gasteiger partial charge is 0.508 e. The maximum Gasteiger partial charge on any atom is 0.243 e. The number of amides is 2. The van der Waals surface area contributed by atoms with Crippen LogP contribution in [0, 0.1) is 5.41 Å². The maximum absolute atomic E-state index is 13.0. The van der Waals surface area contributed by atoms with Crippen molar-refractivity contribution in [2.24, 2.45) is 11.5 Å². The van der Waals surface area contributed by atoms with Crippen molar-refractivity contribution in [3.63, 3.8) is 0 Å². The van der Waals surface area contributed by atoms with Crippen LogP contribution in [0.15, 0.2) is 24.3 Å². The van der Waals surface area contributed by atoms with Crippen LogP contribution in [0.25, 0.3) is 0 Å². The fraction of sp³-hybridized carbons (Fsp3) is 0.500. The number of nitrogens with zero attached hydrogens (tertiary/aromatic N) is 1. The van der Waals surface area contributed by atoms with Crippen LogP contribution in [0.3, 0.4) is 0 Å². The second-order valence-corrected chi connectivity index (χ2v) is 8.40. The zero-order valence-electron chi connectivity index (χ0n) is 18.8. The standard InChI is InChI=1S/C22H31ClN6O5/c23-12-18(31)19(32)16(3-1-9-27-22(25)26)28-20(33)17-4-2-10-29(17)21(34)15(24)11-13-5-7-14(30)8-6-13/h5-8,15-17,30H,1-4,9-12,24H2,(H,28,33)(H4,25,26,27)/t15-,16+,17+/m1/s1. The van der Waals surface area contributed by atoms with Crippen LogP contribution in [0.1, 0.15) is 31.2 Å². The molecule has 1 aliphatic heterocycles. The molecule has 1 fully saturated rings. The number of hydrogen-bond acceptors (Lipinski definition) is 7. The zero-order valence-corrected chi connectivity index (χ0v) is 19.5. The molecule has 0 saturated carbocycles. The summed E-state index contributed by atoms with van der Waals surface area (Å²) in [5, 5.41) is 21.8. The van der Waals surface area contributed by atoms with Gasteiger partial charge in [-0.2, -0.15) is 0 Å². The van der Waals surface area contributed by atoms with Gasteiger partial charge >= 0.3 is 0 Å². The molecule has 1 aliphatic rings. The molecule has 3 atom stereocenters. The van der Waals surface area contributed by atoms with Gasteiger partial charge in [-0.1, -0.05) is 12.1 Å². The van der Waals surface area contributed by atoms with E-state index in [4.69, 9.17) is 28.5 Å². The topological polar surface area (TPSA) is 192 Å². The zero-order chi connectivity index (χ0) is 25.3. The van der Waals surface area contributed by atoms with Crippen LogP contribution in [-0.2, 0) is 25.6 Å². The van der Waals surface area contributed by atoms with Crippen LogP contribution >= 0.6 is 11.6 Å². The second-order valence-electron chi connectivity index (χ2n) is 8.13. The average Bonchev–Trinajstić information content (AvgIpc) is 3.30. The van der Waals surface area contributed by atoms with Gasteiger partial charge in [0.2, 0.25) is 23.4 Å². The number of carbonyl (C=O) groups is 4. The average molecular weight is 495 g/mol. The molecule has 0 aromatic heterocycles. The van der Waals surface area contributed by atoms with Gasteiger partial charge in [0, 0.05) is 13.1 Å². The lowest BCUT2D eigenvalue weighted by atomic mass is 10.0. The number of benzene rings is 1. The van der Waals surface area contributed by atoms with E-state index in [0.29, 0.717) is 25.8 Å². The Labute approximate surface area is 202 Å². The number of alkyl halides is 1. The highest BCUT2D eigenvalue weighted by Gasteiger charge is 2.38. The summed E-state index contributed by atoms with van der Waals surface area (Å²) in [6.45, 7) is 0.631. The maximum atomic E-state index is 13.0. The first kappa shape index (κ1) is 27.1. The minimum atomic E-state index is -1.10. The highest BCUT2D eigenvalue weighted by Crippen LogP contribution is 2.20. The van der Waals surface area contributed by atoms with Gasteiger partial charge in [-0.25, -0.2) is 0 Å². The smallest absolute Gasteiger partial charge is 0.243 e. The van der Waals surface area contributed by atoms with E-state index in [9.17, 15) is 24.3 Å². The third-order valence-electron chi connectivity index (χ3n) is 5.56. The molecule has 2 amide bonds. The Balaban J connectivity index is 2.03. The molecule has 0 aliphatic carbocycles. The normalized spacial score (nSPS) is 17.0. The molecule has 1 saturated heterocycles. The Morgan fingerprint density at radius 1 is 1.24 bits per heavy atom. The van der Waals surface area contributed by atoms with Crippen molar-refractivity contribution < 1.29 is 24.3 Å². The Morgan fingerprint density at radius 3 is 2.53 bits per heavy atom. The third-order valence-corrected chi connectivity index (χ3v) is 5.80. The number of nitrogens with two attached hydrogens (primary N) is 2. The number of carbonyl (C=O) groups excluding carboxylic acids is 4. The number of hydrogen-bond donors (Lipinski definition) is 6. The van der Waals surface area contributed by atoms with Gasteiger partial charge in [0.25, 0.3) is 0 Å². The number of Topliss-reactive ketones (excluding diaryl/α,β-unsaturated/α-hetero) is 2. The summed E-state index contributed by atoms with van der Waals surface area (Å²) in [7, 11) is 0. The molecule has 8 N–H and O–H groups in total. The summed E-state index contributed by atoms with van der Waals surface area (Å²) in [6.07, 6.45) is 1.72. The van der Waals surface area contributed by atoms with Crippen molar-refractivity contribution in [3.05, 3.63) is 29.8 Å². The first-order valence-electron chi connectivity index (χ1n) is 11.0. The molecule has 1 heterocycles. The Hall–Kier alpha value is -3.18. The number of likely N-dealkylation sites (tertiary alicyclic amines) is 1. The fourth-order valence-corrected chi connectivity index (χ4v) is 3.95. The summed E-state index contributed by atoms with van der Waals surface area (Å²) in [5.41, 5.74) is 12.1. The van der Waals surface area contributed by atoms with E-state index >= 15 is 0 Å². The van der Waals surface area contributed by atoms with Crippen molar-refractivity contribution in [3.8, 4) is 5.75 Å². The highest BCUT2D eigenvalue weighted by molar-refractivity contribution is 6.48. The molecule has 2 rings (SSSR count). The first-order valence-corrected chi connectivity index (χ1v) is 11.5. The number of halogens is 1. The van der Waals surface area contributed by atoms with Crippen molar-refractivity contribution >= 4 is 40.9 Å². The molecule has 34 heavy (non-hydrogen) atoms. The number of ketones is 2. The predicted octanol–water partition coefficient (Wildman–Crippen LogP) is -0.622. The summed E-state index contributed by atoms with van der Waals surface area (Å²) in [6, 6.07) is 3.55. The molecule has 0 bridgehead atoms. The van der Waals surface area contributed by atoms with Crippen LogP contribution < -0.4 is 22.1 Å². The van der Waals surface area contributed by atoms with E-state index in [1.54, 1.807) is 12.1 Å².